The third kappa shape index (κ3) is 4.68. The smallest absolute Gasteiger partial charge is 0.320 e. The largest absolute Gasteiger partial charge is 0.339 e. The van der Waals surface area contributed by atoms with Crippen molar-refractivity contribution in [2.75, 3.05) is 10.6 Å². The Bertz CT molecular complexity index is 663. The van der Waals surface area contributed by atoms with Crippen LogP contribution in [-0.2, 0) is 0 Å². The zero-order valence-electron chi connectivity index (χ0n) is 13.9. The summed E-state index contributed by atoms with van der Waals surface area (Å²) in [6.07, 6.45) is 5.74. The van der Waals surface area contributed by atoms with Gasteiger partial charge in [-0.05, 0) is 44.0 Å². The molecule has 6 heteroatoms. The van der Waals surface area contributed by atoms with Crippen LogP contribution in [0.1, 0.15) is 37.7 Å². The molecule has 2 aromatic rings. The van der Waals surface area contributed by atoms with Gasteiger partial charge in [-0.25, -0.2) is 4.79 Å². The van der Waals surface area contributed by atoms with Gasteiger partial charge in [-0.15, -0.1) is 10.2 Å². The van der Waals surface area contributed by atoms with Gasteiger partial charge >= 0.3 is 6.03 Å². The fraction of sp³-hybridized carbons (Fsp3) is 0.389. The van der Waals surface area contributed by atoms with Gasteiger partial charge in [-0.1, -0.05) is 37.0 Å². The highest BCUT2D eigenvalue weighted by Gasteiger charge is 2.15. The van der Waals surface area contributed by atoms with Gasteiger partial charge in [0.2, 0.25) is 0 Å². The number of urea groups is 1. The number of amides is 2. The van der Waals surface area contributed by atoms with E-state index in [1.165, 1.54) is 24.8 Å². The molecule has 1 aromatic carbocycles. The lowest BCUT2D eigenvalue weighted by atomic mass is 9.96. The van der Waals surface area contributed by atoms with E-state index >= 15 is 0 Å². The van der Waals surface area contributed by atoms with Crippen molar-refractivity contribution in [2.45, 2.75) is 45.1 Å². The molecule has 1 heterocycles. The molecule has 1 aromatic heterocycles. The van der Waals surface area contributed by atoms with Crippen LogP contribution in [0.4, 0.5) is 22.1 Å². The fourth-order valence-electron chi connectivity index (χ4n) is 2.84. The molecule has 0 bridgehead atoms. The van der Waals surface area contributed by atoms with Gasteiger partial charge in [0.25, 0.3) is 0 Å². The zero-order valence-corrected chi connectivity index (χ0v) is 13.9. The maximum Gasteiger partial charge on any atom is 0.320 e. The molecule has 3 rings (SSSR count). The molecular weight excluding hydrogens is 302 g/mol. The third-order valence-electron chi connectivity index (χ3n) is 4.17. The number of carbonyl (C=O) groups excluding carboxylic acids is 1. The number of carbonyl (C=O) groups is 1. The Balaban J connectivity index is 1.52. The van der Waals surface area contributed by atoms with Gasteiger partial charge in [0.1, 0.15) is 0 Å². The molecule has 1 fully saturated rings. The maximum absolute atomic E-state index is 12.0. The van der Waals surface area contributed by atoms with Crippen molar-refractivity contribution in [1.29, 1.82) is 0 Å². The average Bonchev–Trinajstić information content (AvgIpc) is 2.59. The number of nitrogens with one attached hydrogen (secondary N) is 3. The lowest BCUT2D eigenvalue weighted by molar-refractivity contribution is 0.244. The predicted octanol–water partition coefficient (Wildman–Crippen LogP) is 3.98. The lowest BCUT2D eigenvalue weighted by Gasteiger charge is -2.22. The predicted molar refractivity (Wildman–Crippen MR) is 95.5 cm³/mol. The van der Waals surface area contributed by atoms with Gasteiger partial charge in [-0.3, -0.25) is 5.32 Å². The molecule has 1 aliphatic carbocycles. The standard InChI is InChI=1S/C18H23N5O/c1-13-7-9-15(10-8-13)19-16-11-12-17(23-22-16)21-18(24)20-14-5-3-2-4-6-14/h7-12,14H,2-6H2,1H3,(H,19,22)(H2,20,21,23,24). The molecule has 0 atom stereocenters. The van der Waals surface area contributed by atoms with Crippen molar-refractivity contribution in [3.8, 4) is 0 Å². The average molecular weight is 325 g/mol. The van der Waals surface area contributed by atoms with E-state index in [1.807, 2.05) is 31.2 Å². The number of benzene rings is 1. The minimum Gasteiger partial charge on any atom is -0.339 e. The second-order valence-corrected chi connectivity index (χ2v) is 6.23. The van der Waals surface area contributed by atoms with Crippen LogP contribution in [0.3, 0.4) is 0 Å². The normalized spacial score (nSPS) is 14.9. The first-order chi connectivity index (χ1) is 11.7. The van der Waals surface area contributed by atoms with Gasteiger partial charge in [0.15, 0.2) is 11.6 Å². The number of hydrogen-bond acceptors (Lipinski definition) is 4. The second-order valence-electron chi connectivity index (χ2n) is 6.23. The van der Waals surface area contributed by atoms with E-state index in [1.54, 1.807) is 12.1 Å². The van der Waals surface area contributed by atoms with Crippen molar-refractivity contribution in [3.05, 3.63) is 42.0 Å². The van der Waals surface area contributed by atoms with Gasteiger partial charge < -0.3 is 10.6 Å². The lowest BCUT2D eigenvalue weighted by Crippen LogP contribution is -2.39. The van der Waals surface area contributed by atoms with Crippen molar-refractivity contribution in [2.24, 2.45) is 0 Å². The molecule has 0 aliphatic heterocycles. The van der Waals surface area contributed by atoms with Gasteiger partial charge in [-0.2, -0.15) is 0 Å². The molecule has 0 saturated heterocycles. The van der Waals surface area contributed by atoms with E-state index in [9.17, 15) is 4.79 Å². The van der Waals surface area contributed by atoms with Crippen LogP contribution in [0.25, 0.3) is 0 Å². The maximum atomic E-state index is 12.0. The topological polar surface area (TPSA) is 78.9 Å². The Morgan fingerprint density at radius 2 is 1.62 bits per heavy atom. The first-order valence-electron chi connectivity index (χ1n) is 8.44. The van der Waals surface area contributed by atoms with Crippen molar-refractivity contribution in [3.63, 3.8) is 0 Å². The SMILES string of the molecule is Cc1ccc(Nc2ccc(NC(=O)NC3CCCCC3)nn2)cc1. The molecule has 1 saturated carbocycles. The summed E-state index contributed by atoms with van der Waals surface area (Å²) in [5, 5.41) is 17.0. The third-order valence-corrected chi connectivity index (χ3v) is 4.17. The van der Waals surface area contributed by atoms with Crippen LogP contribution >= 0.6 is 0 Å². The van der Waals surface area contributed by atoms with E-state index in [-0.39, 0.29) is 12.1 Å². The number of aromatic nitrogens is 2. The molecule has 1 aliphatic rings. The van der Waals surface area contributed by atoms with Crippen LogP contribution in [0.5, 0.6) is 0 Å². The van der Waals surface area contributed by atoms with Crippen LogP contribution in [-0.4, -0.2) is 22.3 Å². The summed E-state index contributed by atoms with van der Waals surface area (Å²) >= 11 is 0. The highest BCUT2D eigenvalue weighted by Crippen LogP contribution is 2.18. The number of rotatable bonds is 4. The summed E-state index contributed by atoms with van der Waals surface area (Å²) in [7, 11) is 0. The quantitative estimate of drug-likeness (QED) is 0.794. The summed E-state index contributed by atoms with van der Waals surface area (Å²) in [4.78, 5) is 12.0. The summed E-state index contributed by atoms with van der Waals surface area (Å²) in [5.41, 5.74) is 2.15. The van der Waals surface area contributed by atoms with Crippen molar-refractivity contribution >= 4 is 23.4 Å². The molecule has 0 spiro atoms. The minimum absolute atomic E-state index is 0.213. The van der Waals surface area contributed by atoms with Crippen LogP contribution in [0, 0.1) is 6.92 Å². The number of anilines is 3. The fourth-order valence-corrected chi connectivity index (χ4v) is 2.84. The monoisotopic (exact) mass is 325 g/mol. The molecule has 0 radical (unpaired) electrons. The number of nitrogens with zero attached hydrogens (tertiary/aromatic N) is 2. The van der Waals surface area contributed by atoms with E-state index in [4.69, 9.17) is 0 Å². The molecule has 6 nitrogen and oxygen atoms in total. The highest BCUT2D eigenvalue weighted by molar-refractivity contribution is 5.88. The molecule has 0 unspecified atom stereocenters. The van der Waals surface area contributed by atoms with E-state index in [0.29, 0.717) is 11.6 Å². The van der Waals surface area contributed by atoms with Gasteiger partial charge in [0, 0.05) is 11.7 Å². The van der Waals surface area contributed by atoms with Crippen molar-refractivity contribution in [1.82, 2.24) is 15.5 Å². The Hall–Kier alpha value is -2.63. The van der Waals surface area contributed by atoms with E-state index in [0.717, 1.165) is 18.5 Å². The Morgan fingerprint density at radius 3 is 2.29 bits per heavy atom. The molecule has 3 N–H and O–H groups in total. The van der Waals surface area contributed by atoms with Crippen LogP contribution < -0.4 is 16.0 Å². The summed E-state index contributed by atoms with van der Waals surface area (Å²) < 4.78 is 0. The first-order valence-corrected chi connectivity index (χ1v) is 8.44. The molecule has 24 heavy (non-hydrogen) atoms. The summed E-state index contributed by atoms with van der Waals surface area (Å²) in [6.45, 7) is 2.04. The van der Waals surface area contributed by atoms with Crippen LogP contribution in [0.15, 0.2) is 36.4 Å². The molecular formula is C18H23N5O. The summed E-state index contributed by atoms with van der Waals surface area (Å²) in [6, 6.07) is 11.6. The van der Waals surface area contributed by atoms with Gasteiger partial charge in [0.05, 0.1) is 0 Å². The Kier molecular flexibility index (Phi) is 5.25. The highest BCUT2D eigenvalue weighted by atomic mass is 16.2. The Labute approximate surface area is 142 Å². The number of aryl methyl sites for hydroxylation is 1. The minimum atomic E-state index is -0.213. The summed E-state index contributed by atoms with van der Waals surface area (Å²) in [5.74, 6) is 1.08. The van der Waals surface area contributed by atoms with E-state index in [2.05, 4.69) is 26.1 Å². The second kappa shape index (κ2) is 7.77. The Morgan fingerprint density at radius 1 is 0.958 bits per heavy atom. The zero-order chi connectivity index (χ0) is 16.8. The van der Waals surface area contributed by atoms with E-state index < -0.39 is 0 Å². The molecule has 2 amide bonds. The number of hydrogen-bond donors (Lipinski definition) is 3. The molecule has 126 valence electrons. The van der Waals surface area contributed by atoms with Crippen LogP contribution in [0.2, 0.25) is 0 Å². The first kappa shape index (κ1) is 16.2. The van der Waals surface area contributed by atoms with Crippen molar-refractivity contribution < 1.29 is 4.79 Å².